The molecule has 0 aliphatic carbocycles. The van der Waals surface area contributed by atoms with E-state index in [1.165, 1.54) is 173 Å². The average Bonchev–Trinajstić information content (AvgIpc) is 3.16. The molecule has 0 spiro atoms. The molecule has 9 heteroatoms. The maximum atomic E-state index is 12.9. The van der Waals surface area contributed by atoms with Crippen LogP contribution in [0.5, 0.6) is 0 Å². The molecular weight excluding hydrogens is 732 g/mol. The summed E-state index contributed by atoms with van der Waals surface area (Å²) in [6.07, 6.45) is 46.4. The first-order valence-electron chi connectivity index (χ1n) is 24.5. The molecular formula is C48H97N2O6P. The number of phosphoric acid groups is 1. The summed E-state index contributed by atoms with van der Waals surface area (Å²) in [6.45, 7) is 4.74. The van der Waals surface area contributed by atoms with Crippen molar-refractivity contribution < 1.29 is 32.9 Å². The van der Waals surface area contributed by atoms with Crippen molar-refractivity contribution in [2.24, 2.45) is 0 Å². The van der Waals surface area contributed by atoms with Crippen LogP contribution in [-0.4, -0.2) is 68.5 Å². The number of allylic oxidation sites excluding steroid dienone is 2. The smallest absolute Gasteiger partial charge is 0.268 e. The SMILES string of the molecule is CCCCCCCC/C=C\CCCCCCCCCCCC(=O)NC(COP(=O)([O-])OCC[N+](C)(C)C)C(O)CCCCCCCCCCCCCCCCCC. The number of carbonyl (C=O) groups excluding carboxylic acids is 1. The third kappa shape index (κ3) is 43.1. The minimum atomic E-state index is -4.56. The highest BCUT2D eigenvalue weighted by molar-refractivity contribution is 7.45. The van der Waals surface area contributed by atoms with Crippen molar-refractivity contribution >= 4 is 13.7 Å². The molecule has 0 saturated carbocycles. The van der Waals surface area contributed by atoms with Crippen molar-refractivity contribution in [1.82, 2.24) is 5.32 Å². The number of rotatable bonds is 45. The van der Waals surface area contributed by atoms with E-state index in [1.54, 1.807) is 0 Å². The van der Waals surface area contributed by atoms with Crippen LogP contribution in [0.1, 0.15) is 239 Å². The number of aliphatic hydroxyl groups excluding tert-OH is 1. The second kappa shape index (κ2) is 40.6. The third-order valence-electron chi connectivity index (χ3n) is 11.3. The quantitative estimate of drug-likeness (QED) is 0.0274. The first kappa shape index (κ1) is 56.2. The first-order chi connectivity index (χ1) is 27.5. The summed E-state index contributed by atoms with van der Waals surface area (Å²) in [7, 11) is 1.31. The Morgan fingerprint density at radius 1 is 0.596 bits per heavy atom. The Morgan fingerprint density at radius 3 is 1.37 bits per heavy atom. The summed E-state index contributed by atoms with van der Waals surface area (Å²) >= 11 is 0. The highest BCUT2D eigenvalue weighted by Gasteiger charge is 2.24. The molecule has 1 amide bonds. The maximum absolute atomic E-state index is 12.9. The van der Waals surface area contributed by atoms with Gasteiger partial charge in [-0.2, -0.15) is 0 Å². The lowest BCUT2D eigenvalue weighted by molar-refractivity contribution is -0.870. The predicted molar refractivity (Wildman–Crippen MR) is 242 cm³/mol. The zero-order valence-corrected chi connectivity index (χ0v) is 39.5. The molecule has 0 aromatic carbocycles. The van der Waals surface area contributed by atoms with Gasteiger partial charge in [0.2, 0.25) is 5.91 Å². The number of unbranched alkanes of at least 4 members (excludes halogenated alkanes) is 30. The molecule has 0 aliphatic heterocycles. The first-order valence-corrected chi connectivity index (χ1v) is 26.0. The molecule has 340 valence electrons. The Bertz CT molecular complexity index is 942. The molecule has 0 fully saturated rings. The number of aliphatic hydroxyl groups is 1. The Morgan fingerprint density at radius 2 is 0.965 bits per heavy atom. The fourth-order valence-corrected chi connectivity index (χ4v) is 8.05. The zero-order chi connectivity index (χ0) is 42.1. The van der Waals surface area contributed by atoms with Crippen LogP contribution < -0.4 is 10.2 Å². The van der Waals surface area contributed by atoms with E-state index in [9.17, 15) is 19.4 Å². The Hall–Kier alpha value is -0.760. The topological polar surface area (TPSA) is 108 Å². The van der Waals surface area contributed by atoms with Crippen molar-refractivity contribution in [3.63, 3.8) is 0 Å². The van der Waals surface area contributed by atoms with E-state index < -0.39 is 20.0 Å². The molecule has 0 aliphatic rings. The summed E-state index contributed by atoms with van der Waals surface area (Å²) in [4.78, 5) is 25.4. The minimum absolute atomic E-state index is 0.0139. The molecule has 3 unspecified atom stereocenters. The van der Waals surface area contributed by atoms with E-state index in [0.29, 0.717) is 23.9 Å². The third-order valence-corrected chi connectivity index (χ3v) is 12.2. The number of quaternary nitrogens is 1. The van der Waals surface area contributed by atoms with Gasteiger partial charge in [-0.1, -0.05) is 206 Å². The number of phosphoric ester groups is 1. The van der Waals surface area contributed by atoms with E-state index in [1.807, 2.05) is 21.1 Å². The maximum Gasteiger partial charge on any atom is 0.268 e. The number of likely N-dealkylation sites (N-methyl/N-ethyl adjacent to an activating group) is 1. The van der Waals surface area contributed by atoms with Crippen LogP contribution in [-0.2, 0) is 18.4 Å². The van der Waals surface area contributed by atoms with Gasteiger partial charge in [0.15, 0.2) is 0 Å². The van der Waals surface area contributed by atoms with Gasteiger partial charge in [-0.05, 0) is 38.5 Å². The normalized spacial score (nSPS) is 14.3. The van der Waals surface area contributed by atoms with E-state index in [2.05, 4.69) is 31.3 Å². The zero-order valence-electron chi connectivity index (χ0n) is 38.6. The lowest BCUT2D eigenvalue weighted by Gasteiger charge is -2.30. The standard InChI is InChI=1S/C48H97N2O6P/c1-6-8-10-12-14-16-18-20-22-24-25-26-28-30-32-34-36-38-40-42-48(52)49-46(45-56-57(53,54)55-44-43-50(3,4)5)47(51)41-39-37-35-33-31-29-27-23-21-19-17-15-13-11-9-7-2/h20,22,46-47,51H,6-19,21,23-45H2,1-5H3,(H-,49,52,53,54)/b22-20-. The monoisotopic (exact) mass is 829 g/mol. The molecule has 0 heterocycles. The van der Waals surface area contributed by atoms with Gasteiger partial charge in [-0.25, -0.2) is 0 Å². The van der Waals surface area contributed by atoms with Gasteiger partial charge < -0.3 is 28.8 Å². The number of nitrogens with zero attached hydrogens (tertiary/aromatic N) is 1. The number of hydrogen-bond donors (Lipinski definition) is 2. The van der Waals surface area contributed by atoms with E-state index in [-0.39, 0.29) is 19.1 Å². The van der Waals surface area contributed by atoms with Crippen molar-refractivity contribution in [3.05, 3.63) is 12.2 Å². The van der Waals surface area contributed by atoms with Gasteiger partial charge in [0, 0.05) is 6.42 Å². The largest absolute Gasteiger partial charge is 0.756 e. The highest BCUT2D eigenvalue weighted by Crippen LogP contribution is 2.38. The fraction of sp³-hybridized carbons (Fsp3) is 0.938. The minimum Gasteiger partial charge on any atom is -0.756 e. The van der Waals surface area contributed by atoms with E-state index in [0.717, 1.165) is 38.5 Å². The highest BCUT2D eigenvalue weighted by atomic mass is 31.2. The number of hydrogen-bond acceptors (Lipinski definition) is 6. The summed E-state index contributed by atoms with van der Waals surface area (Å²) in [5, 5.41) is 13.9. The molecule has 0 bridgehead atoms. The van der Waals surface area contributed by atoms with Crippen LogP contribution in [0.15, 0.2) is 12.2 Å². The summed E-state index contributed by atoms with van der Waals surface area (Å²) < 4.78 is 23.3. The van der Waals surface area contributed by atoms with Crippen LogP contribution in [0, 0.1) is 0 Å². The lowest BCUT2D eigenvalue weighted by atomic mass is 10.0. The Balaban J connectivity index is 4.28. The van der Waals surface area contributed by atoms with Gasteiger partial charge in [0.25, 0.3) is 7.82 Å². The second-order valence-electron chi connectivity index (χ2n) is 18.2. The van der Waals surface area contributed by atoms with Crippen LogP contribution >= 0.6 is 7.82 Å². The summed E-state index contributed by atoms with van der Waals surface area (Å²) in [6, 6.07) is -0.797. The van der Waals surface area contributed by atoms with Gasteiger partial charge in [-0.15, -0.1) is 0 Å². The van der Waals surface area contributed by atoms with Crippen LogP contribution in [0.4, 0.5) is 0 Å². The molecule has 8 nitrogen and oxygen atoms in total. The molecule has 0 aromatic heterocycles. The average molecular weight is 829 g/mol. The predicted octanol–water partition coefficient (Wildman–Crippen LogP) is 13.3. The van der Waals surface area contributed by atoms with Gasteiger partial charge >= 0.3 is 0 Å². The van der Waals surface area contributed by atoms with Crippen molar-refractivity contribution in [1.29, 1.82) is 0 Å². The van der Waals surface area contributed by atoms with Crippen molar-refractivity contribution in [3.8, 4) is 0 Å². The second-order valence-corrected chi connectivity index (χ2v) is 19.6. The van der Waals surface area contributed by atoms with Crippen LogP contribution in [0.2, 0.25) is 0 Å². The van der Waals surface area contributed by atoms with E-state index >= 15 is 0 Å². The Kier molecular flexibility index (Phi) is 40.1. The molecule has 0 saturated heterocycles. The van der Waals surface area contributed by atoms with Crippen LogP contribution in [0.3, 0.4) is 0 Å². The summed E-state index contributed by atoms with van der Waals surface area (Å²) in [5.41, 5.74) is 0. The molecule has 2 N–H and O–H groups in total. The van der Waals surface area contributed by atoms with Crippen molar-refractivity contribution in [2.75, 3.05) is 40.9 Å². The van der Waals surface area contributed by atoms with Gasteiger partial charge in [-0.3, -0.25) is 9.36 Å². The van der Waals surface area contributed by atoms with E-state index in [4.69, 9.17) is 9.05 Å². The summed E-state index contributed by atoms with van der Waals surface area (Å²) in [5.74, 6) is -0.165. The number of amides is 1. The Labute approximate surface area is 354 Å². The van der Waals surface area contributed by atoms with Gasteiger partial charge in [0.1, 0.15) is 13.2 Å². The number of carbonyl (C=O) groups is 1. The fourth-order valence-electron chi connectivity index (χ4n) is 7.33. The molecule has 57 heavy (non-hydrogen) atoms. The molecule has 0 rings (SSSR count). The molecule has 0 aromatic rings. The van der Waals surface area contributed by atoms with Crippen LogP contribution in [0.25, 0.3) is 0 Å². The molecule has 0 radical (unpaired) electrons. The number of nitrogens with one attached hydrogen (secondary N) is 1. The van der Waals surface area contributed by atoms with Gasteiger partial charge in [0.05, 0.1) is 39.9 Å². The molecule has 3 atom stereocenters. The van der Waals surface area contributed by atoms with Crippen molar-refractivity contribution in [2.45, 2.75) is 251 Å². The lowest BCUT2D eigenvalue weighted by Crippen LogP contribution is -2.46.